The average Bonchev–Trinajstić information content (AvgIpc) is 2.32. The first kappa shape index (κ1) is 18.8. The zero-order chi connectivity index (χ0) is 17.3. The van der Waals surface area contributed by atoms with Gasteiger partial charge in [-0.25, -0.2) is 0 Å². The molecule has 0 spiro atoms. The molecule has 1 saturated heterocycles. The van der Waals surface area contributed by atoms with Crippen molar-refractivity contribution in [1.29, 1.82) is 0 Å². The maximum Gasteiger partial charge on any atom is 0.305 e. The summed E-state index contributed by atoms with van der Waals surface area (Å²) in [6.07, 6.45) is -0.473. The molecule has 0 bridgehead atoms. The van der Waals surface area contributed by atoms with Gasteiger partial charge in [-0.1, -0.05) is 0 Å². The lowest BCUT2D eigenvalue weighted by atomic mass is 9.89. The second-order valence-electron chi connectivity index (χ2n) is 6.69. The van der Waals surface area contributed by atoms with E-state index in [9.17, 15) is 14.4 Å². The van der Waals surface area contributed by atoms with Crippen LogP contribution in [0.4, 0.5) is 0 Å². The summed E-state index contributed by atoms with van der Waals surface area (Å²) in [5.74, 6) is -2.11. The molecule has 0 aromatic carbocycles. The zero-order valence-electron chi connectivity index (χ0n) is 13.6. The highest BCUT2D eigenvalue weighted by Gasteiger charge is 2.54. The Bertz CT molecular complexity index is 465. The highest BCUT2D eigenvalue weighted by atomic mass is 32.2. The fraction of sp³-hybridized carbons (Fsp3) is 0.786. The number of hydrogen-bond donors (Lipinski definition) is 4. The van der Waals surface area contributed by atoms with Crippen LogP contribution >= 0.6 is 11.8 Å². The lowest BCUT2D eigenvalue weighted by Gasteiger charge is -2.57. The van der Waals surface area contributed by atoms with Gasteiger partial charge in [-0.3, -0.25) is 14.4 Å². The number of nitrogens with one attached hydrogen (secondary N) is 2. The standard InChI is InChI=1S/C14H25N3O4S/c1-7(16-11(21)8(15)6-9(18)19)10(20)17-12-13(2,3)22-14(12,4)5/h7-8,12H,6,15H2,1-5H3,(H,16,21)(H,17,20)(H,18,19)/t7-,8-/m1/s1. The first-order valence-corrected chi connectivity index (χ1v) is 7.97. The van der Waals surface area contributed by atoms with Gasteiger partial charge < -0.3 is 21.5 Å². The van der Waals surface area contributed by atoms with E-state index in [-0.39, 0.29) is 21.4 Å². The van der Waals surface area contributed by atoms with Gasteiger partial charge in [-0.2, -0.15) is 0 Å². The molecule has 1 aliphatic rings. The van der Waals surface area contributed by atoms with Crippen molar-refractivity contribution >= 4 is 29.5 Å². The van der Waals surface area contributed by atoms with Gasteiger partial charge in [-0.05, 0) is 34.6 Å². The summed E-state index contributed by atoms with van der Waals surface area (Å²) in [5.41, 5.74) is 5.46. The molecule has 2 amide bonds. The number of thioether (sulfide) groups is 1. The van der Waals surface area contributed by atoms with Crippen LogP contribution in [0.1, 0.15) is 41.0 Å². The summed E-state index contributed by atoms with van der Waals surface area (Å²) < 4.78 is -0.134. The van der Waals surface area contributed by atoms with Gasteiger partial charge in [0.2, 0.25) is 11.8 Å². The van der Waals surface area contributed by atoms with Crippen molar-refractivity contribution in [2.24, 2.45) is 5.73 Å². The van der Waals surface area contributed by atoms with Gasteiger partial charge in [0.05, 0.1) is 18.5 Å². The summed E-state index contributed by atoms with van der Waals surface area (Å²) in [5, 5.41) is 14.0. The third-order valence-corrected chi connectivity index (χ3v) is 5.21. The van der Waals surface area contributed by atoms with Gasteiger partial charge in [0.15, 0.2) is 0 Å². The molecule has 1 aliphatic heterocycles. The molecule has 0 unspecified atom stereocenters. The zero-order valence-corrected chi connectivity index (χ0v) is 14.4. The molecule has 8 heteroatoms. The average molecular weight is 331 g/mol. The number of carboxylic acid groups (broad SMARTS) is 1. The van der Waals surface area contributed by atoms with Crippen molar-refractivity contribution in [3.63, 3.8) is 0 Å². The predicted molar refractivity (Wildman–Crippen MR) is 85.5 cm³/mol. The summed E-state index contributed by atoms with van der Waals surface area (Å²) in [4.78, 5) is 34.5. The Morgan fingerprint density at radius 3 is 2.09 bits per heavy atom. The van der Waals surface area contributed by atoms with Gasteiger partial charge in [-0.15, -0.1) is 11.8 Å². The van der Waals surface area contributed by atoms with E-state index in [1.165, 1.54) is 0 Å². The first-order valence-electron chi connectivity index (χ1n) is 7.15. The molecule has 7 nitrogen and oxygen atoms in total. The maximum atomic E-state index is 12.2. The number of amides is 2. The Balaban J connectivity index is 2.55. The lowest BCUT2D eigenvalue weighted by molar-refractivity contribution is -0.139. The minimum atomic E-state index is -1.17. The van der Waals surface area contributed by atoms with E-state index in [0.717, 1.165) is 0 Å². The van der Waals surface area contributed by atoms with Crippen LogP contribution in [0.3, 0.4) is 0 Å². The third kappa shape index (κ3) is 4.36. The first-order chi connectivity index (χ1) is 9.86. The fourth-order valence-corrected chi connectivity index (χ4v) is 4.97. The monoisotopic (exact) mass is 331 g/mol. The van der Waals surface area contributed by atoms with Crippen LogP contribution in [-0.4, -0.2) is 50.5 Å². The summed E-state index contributed by atoms with van der Waals surface area (Å²) in [6.45, 7) is 9.77. The summed E-state index contributed by atoms with van der Waals surface area (Å²) in [6, 6.07) is -1.95. The van der Waals surface area contributed by atoms with Crippen LogP contribution < -0.4 is 16.4 Å². The van der Waals surface area contributed by atoms with Crippen molar-refractivity contribution in [2.75, 3.05) is 0 Å². The molecular formula is C14H25N3O4S. The number of nitrogens with two attached hydrogens (primary N) is 1. The second kappa shape index (κ2) is 6.45. The number of carboxylic acids is 1. The topological polar surface area (TPSA) is 122 Å². The number of carbonyl (C=O) groups is 3. The maximum absolute atomic E-state index is 12.2. The Morgan fingerprint density at radius 2 is 1.68 bits per heavy atom. The van der Waals surface area contributed by atoms with Crippen LogP contribution in [0.15, 0.2) is 0 Å². The largest absolute Gasteiger partial charge is 0.481 e. The lowest BCUT2D eigenvalue weighted by Crippen LogP contribution is -2.68. The predicted octanol–water partition coefficient (Wildman–Crippen LogP) is 0.0819. The Kier molecular flexibility index (Phi) is 5.51. The van der Waals surface area contributed by atoms with Crippen molar-refractivity contribution in [2.45, 2.75) is 68.7 Å². The van der Waals surface area contributed by atoms with Crippen LogP contribution in [0.5, 0.6) is 0 Å². The van der Waals surface area contributed by atoms with E-state index >= 15 is 0 Å². The van der Waals surface area contributed by atoms with Gasteiger partial charge in [0, 0.05) is 9.49 Å². The Labute approximate surface area is 134 Å². The molecule has 5 N–H and O–H groups in total. The highest BCUT2D eigenvalue weighted by Crippen LogP contribution is 2.54. The molecule has 0 aromatic heterocycles. The van der Waals surface area contributed by atoms with E-state index in [2.05, 4.69) is 38.3 Å². The molecule has 22 heavy (non-hydrogen) atoms. The van der Waals surface area contributed by atoms with Gasteiger partial charge in [0.1, 0.15) is 6.04 Å². The molecule has 0 aliphatic carbocycles. The van der Waals surface area contributed by atoms with Crippen molar-refractivity contribution in [1.82, 2.24) is 10.6 Å². The fourth-order valence-electron chi connectivity index (χ4n) is 2.86. The van der Waals surface area contributed by atoms with Crippen molar-refractivity contribution in [3.8, 4) is 0 Å². The minimum absolute atomic E-state index is 0.00968. The van der Waals surface area contributed by atoms with Crippen LogP contribution in [-0.2, 0) is 14.4 Å². The molecule has 1 heterocycles. The molecule has 2 atom stereocenters. The van der Waals surface area contributed by atoms with E-state index in [1.807, 2.05) is 0 Å². The van der Waals surface area contributed by atoms with Gasteiger partial charge >= 0.3 is 5.97 Å². The quantitative estimate of drug-likeness (QED) is 0.547. The molecular weight excluding hydrogens is 306 g/mol. The van der Waals surface area contributed by atoms with Crippen molar-refractivity contribution < 1.29 is 19.5 Å². The Morgan fingerprint density at radius 1 is 1.18 bits per heavy atom. The van der Waals surface area contributed by atoms with Crippen molar-refractivity contribution in [3.05, 3.63) is 0 Å². The number of hydrogen-bond acceptors (Lipinski definition) is 5. The van der Waals surface area contributed by atoms with Gasteiger partial charge in [0.25, 0.3) is 0 Å². The number of carbonyl (C=O) groups excluding carboxylic acids is 2. The molecule has 1 fully saturated rings. The normalized spacial score (nSPS) is 22.1. The van der Waals surface area contributed by atoms with E-state index in [0.29, 0.717) is 0 Å². The molecule has 0 saturated carbocycles. The van der Waals surface area contributed by atoms with E-state index < -0.39 is 30.4 Å². The summed E-state index contributed by atoms with van der Waals surface area (Å²) >= 11 is 1.79. The highest BCUT2D eigenvalue weighted by molar-refractivity contribution is 8.03. The summed E-state index contributed by atoms with van der Waals surface area (Å²) in [7, 11) is 0. The SMILES string of the molecule is C[C@@H](NC(=O)[C@H](N)CC(=O)O)C(=O)NC1C(C)(C)SC1(C)C. The Hall–Kier alpha value is -1.28. The smallest absolute Gasteiger partial charge is 0.305 e. The molecule has 1 rings (SSSR count). The third-order valence-electron chi connectivity index (χ3n) is 3.69. The molecule has 0 aromatic rings. The van der Waals surface area contributed by atoms with E-state index in [4.69, 9.17) is 10.8 Å². The van der Waals surface area contributed by atoms with E-state index in [1.54, 1.807) is 18.7 Å². The number of rotatable bonds is 6. The van der Waals surface area contributed by atoms with Crippen LogP contribution in [0.2, 0.25) is 0 Å². The minimum Gasteiger partial charge on any atom is -0.481 e. The molecule has 126 valence electrons. The molecule has 0 radical (unpaired) electrons. The van der Waals surface area contributed by atoms with Crippen LogP contribution in [0.25, 0.3) is 0 Å². The second-order valence-corrected chi connectivity index (χ2v) is 8.99. The number of aliphatic carboxylic acids is 1. The van der Waals surface area contributed by atoms with Crippen LogP contribution in [0, 0.1) is 0 Å².